The van der Waals surface area contributed by atoms with Crippen LogP contribution in [0, 0.1) is 0 Å². The van der Waals surface area contributed by atoms with Crippen LogP contribution >= 0.6 is 11.6 Å². The van der Waals surface area contributed by atoms with Crippen LogP contribution in [0.4, 0.5) is 0 Å². The number of carbonyl (C=O) groups is 1. The summed E-state index contributed by atoms with van der Waals surface area (Å²) in [6.45, 7) is 0.546. The molecule has 0 saturated carbocycles. The van der Waals surface area contributed by atoms with E-state index in [9.17, 15) is 9.00 Å². The number of unbranched alkanes of at least 4 members (excludes halogenated alkanes) is 1. The number of rotatable bonds is 8. The van der Waals surface area contributed by atoms with Gasteiger partial charge >= 0.3 is 0 Å². The molecule has 2 atom stereocenters. The fourth-order valence-corrected chi connectivity index (χ4v) is 1.67. The molecular weight excluding hydrogens is 228 g/mol. The second-order valence-corrected chi connectivity index (χ2v) is 3.81. The van der Waals surface area contributed by atoms with Crippen molar-refractivity contribution in [3.05, 3.63) is 0 Å². The molecule has 0 aromatic rings. The molecule has 5 nitrogen and oxygen atoms in total. The molecule has 84 valence electrons. The topological polar surface area (TPSA) is 92.4 Å². The van der Waals surface area contributed by atoms with Crippen molar-refractivity contribution >= 4 is 28.7 Å². The van der Waals surface area contributed by atoms with Gasteiger partial charge in [0.1, 0.15) is 0 Å². The lowest BCUT2D eigenvalue weighted by Crippen LogP contribution is -2.38. The molecular formula is C7H15ClN2O3S. The molecule has 1 unspecified atom stereocenters. The van der Waals surface area contributed by atoms with Gasteiger partial charge < -0.3 is 5.73 Å². The van der Waals surface area contributed by atoms with E-state index in [2.05, 4.69) is 4.72 Å². The Balaban J connectivity index is 3.97. The normalized spacial score (nSPS) is 15.1. The van der Waals surface area contributed by atoms with E-state index in [-0.39, 0.29) is 11.7 Å². The van der Waals surface area contributed by atoms with Crippen LogP contribution in [-0.2, 0) is 16.1 Å². The van der Waals surface area contributed by atoms with Crippen molar-refractivity contribution in [2.24, 2.45) is 5.73 Å². The maximum absolute atomic E-state index is 11.2. The average molecular weight is 243 g/mol. The number of Topliss-reactive ketones (excluding diaryl/α,β-unsaturated/α-hetero) is 1. The molecule has 7 heteroatoms. The van der Waals surface area contributed by atoms with Crippen molar-refractivity contribution in [2.45, 2.75) is 25.3 Å². The van der Waals surface area contributed by atoms with E-state index in [4.69, 9.17) is 21.9 Å². The van der Waals surface area contributed by atoms with Gasteiger partial charge in [-0.1, -0.05) is 6.42 Å². The van der Waals surface area contributed by atoms with Crippen LogP contribution in [0.2, 0.25) is 0 Å². The van der Waals surface area contributed by atoms with Crippen LogP contribution < -0.4 is 10.5 Å². The van der Waals surface area contributed by atoms with Crippen molar-refractivity contribution in [3.8, 4) is 0 Å². The van der Waals surface area contributed by atoms with Gasteiger partial charge in [-0.15, -0.1) is 11.6 Å². The Kier molecular flexibility index (Phi) is 8.30. The molecule has 0 aliphatic carbocycles. The number of nitrogens with one attached hydrogen (secondary N) is 1. The molecule has 0 aromatic heterocycles. The van der Waals surface area contributed by atoms with Gasteiger partial charge in [0, 0.05) is 0 Å². The van der Waals surface area contributed by atoms with Crippen molar-refractivity contribution < 1.29 is 13.6 Å². The van der Waals surface area contributed by atoms with Crippen molar-refractivity contribution in [1.29, 1.82) is 0 Å². The number of nitrogens with two attached hydrogens (primary N) is 1. The number of hydrogen-bond donors (Lipinski definition) is 3. The van der Waals surface area contributed by atoms with Crippen LogP contribution in [0.1, 0.15) is 19.3 Å². The lowest BCUT2D eigenvalue weighted by atomic mass is 10.1. The summed E-state index contributed by atoms with van der Waals surface area (Å²) in [7, 11) is 0. The van der Waals surface area contributed by atoms with Gasteiger partial charge in [-0.05, 0) is 19.4 Å². The predicted molar refractivity (Wildman–Crippen MR) is 56.3 cm³/mol. The first kappa shape index (κ1) is 14.0. The zero-order valence-corrected chi connectivity index (χ0v) is 9.31. The number of halogens is 1. The molecule has 4 N–H and O–H groups in total. The monoisotopic (exact) mass is 242 g/mol. The highest BCUT2D eigenvalue weighted by Crippen LogP contribution is 2.03. The predicted octanol–water partition coefficient (Wildman–Crippen LogP) is 0.0182. The molecule has 0 radical (unpaired) electrons. The van der Waals surface area contributed by atoms with Gasteiger partial charge in [-0.25, -0.2) is 8.93 Å². The van der Waals surface area contributed by atoms with Crippen LogP contribution in [0.25, 0.3) is 0 Å². The highest BCUT2D eigenvalue weighted by molar-refractivity contribution is 7.77. The van der Waals surface area contributed by atoms with Crippen molar-refractivity contribution in [3.63, 3.8) is 0 Å². The van der Waals surface area contributed by atoms with Crippen LogP contribution in [0.15, 0.2) is 0 Å². The standard InChI is InChI=1S/C7H15ClN2O3S/c8-5-7(11)6(10-14(12)13)3-1-2-4-9/h6,10H,1-5,9H2,(H,12,13)/t6-/m0/s1. The maximum Gasteiger partial charge on any atom is 0.232 e. The first-order valence-corrected chi connectivity index (χ1v) is 5.91. The lowest BCUT2D eigenvalue weighted by molar-refractivity contribution is -0.118. The molecule has 14 heavy (non-hydrogen) atoms. The molecule has 0 heterocycles. The Morgan fingerprint density at radius 3 is 2.64 bits per heavy atom. The molecule has 0 amide bonds. The van der Waals surface area contributed by atoms with Crippen LogP contribution in [0.5, 0.6) is 0 Å². The minimum absolute atomic E-state index is 0.155. The minimum Gasteiger partial charge on any atom is -0.330 e. The quantitative estimate of drug-likeness (QED) is 0.318. The summed E-state index contributed by atoms with van der Waals surface area (Å²) in [5, 5.41) is 0. The third kappa shape index (κ3) is 6.44. The van der Waals surface area contributed by atoms with E-state index in [1.54, 1.807) is 0 Å². The molecule has 0 aliphatic heterocycles. The Hall–Kier alpha value is -0.0100. The first-order chi connectivity index (χ1) is 6.61. The van der Waals surface area contributed by atoms with E-state index in [1.807, 2.05) is 0 Å². The Morgan fingerprint density at radius 2 is 2.21 bits per heavy atom. The highest BCUT2D eigenvalue weighted by atomic mass is 35.5. The molecule has 0 aliphatic rings. The average Bonchev–Trinajstić information content (AvgIpc) is 2.15. The third-order valence-electron chi connectivity index (χ3n) is 1.71. The Bertz CT molecular complexity index is 203. The second kappa shape index (κ2) is 8.31. The van der Waals surface area contributed by atoms with E-state index >= 15 is 0 Å². The molecule has 0 fully saturated rings. The minimum atomic E-state index is -2.18. The number of ketones is 1. The summed E-state index contributed by atoms with van der Waals surface area (Å²) >= 11 is 3.16. The van der Waals surface area contributed by atoms with Crippen LogP contribution in [-0.4, -0.2) is 33.0 Å². The smallest absolute Gasteiger partial charge is 0.232 e. The second-order valence-electron chi connectivity index (χ2n) is 2.80. The van der Waals surface area contributed by atoms with Gasteiger partial charge in [-0.2, -0.15) is 0 Å². The summed E-state index contributed by atoms with van der Waals surface area (Å²) in [5.74, 6) is -0.427. The zero-order valence-electron chi connectivity index (χ0n) is 7.74. The summed E-state index contributed by atoms with van der Waals surface area (Å²) in [5.41, 5.74) is 5.28. The van der Waals surface area contributed by atoms with Crippen LogP contribution in [0.3, 0.4) is 0 Å². The highest BCUT2D eigenvalue weighted by Gasteiger charge is 2.18. The van der Waals surface area contributed by atoms with Gasteiger partial charge in [0.25, 0.3) is 0 Å². The van der Waals surface area contributed by atoms with E-state index < -0.39 is 17.3 Å². The number of carbonyl (C=O) groups excluding carboxylic acids is 1. The maximum atomic E-state index is 11.2. The van der Waals surface area contributed by atoms with E-state index in [1.165, 1.54) is 0 Å². The fourth-order valence-electron chi connectivity index (χ4n) is 0.993. The van der Waals surface area contributed by atoms with Gasteiger partial charge in [-0.3, -0.25) is 9.35 Å². The largest absolute Gasteiger partial charge is 0.330 e. The van der Waals surface area contributed by atoms with Gasteiger partial charge in [0.05, 0.1) is 11.9 Å². The molecule has 0 bridgehead atoms. The van der Waals surface area contributed by atoms with Crippen molar-refractivity contribution in [1.82, 2.24) is 4.72 Å². The van der Waals surface area contributed by atoms with Crippen molar-refractivity contribution in [2.75, 3.05) is 12.4 Å². The van der Waals surface area contributed by atoms with E-state index in [0.29, 0.717) is 13.0 Å². The molecule has 0 rings (SSSR count). The van der Waals surface area contributed by atoms with Gasteiger partial charge in [0.15, 0.2) is 5.78 Å². The summed E-state index contributed by atoms with van der Waals surface area (Å²) in [6, 6.07) is -0.648. The lowest BCUT2D eigenvalue weighted by Gasteiger charge is -2.13. The molecule has 0 saturated heterocycles. The summed E-state index contributed by atoms with van der Waals surface area (Å²) in [4.78, 5) is 11.2. The summed E-state index contributed by atoms with van der Waals surface area (Å²) < 4.78 is 21.3. The Labute approximate surface area is 90.8 Å². The number of hydrogen-bond acceptors (Lipinski definition) is 3. The number of alkyl halides is 1. The Morgan fingerprint density at radius 1 is 1.57 bits per heavy atom. The molecule has 0 aromatic carbocycles. The zero-order chi connectivity index (χ0) is 11.0. The molecule has 0 spiro atoms. The SMILES string of the molecule is NCCCC[C@H](NS(=O)O)C(=O)CCl. The van der Waals surface area contributed by atoms with Gasteiger partial charge in [0.2, 0.25) is 11.3 Å². The summed E-state index contributed by atoms with van der Waals surface area (Å²) in [6.07, 6.45) is 1.99. The van der Waals surface area contributed by atoms with E-state index in [0.717, 1.165) is 12.8 Å². The first-order valence-electron chi connectivity index (χ1n) is 4.27. The third-order valence-corrected chi connectivity index (χ3v) is 2.46. The fraction of sp³-hybridized carbons (Fsp3) is 0.857.